The Kier molecular flexibility index (Phi) is 4.69. The van der Waals surface area contributed by atoms with Crippen LogP contribution in [0.25, 0.3) is 0 Å². The number of H-pyrrole nitrogens is 1. The molecule has 4 N–H and O–H groups in total. The molecule has 1 atom stereocenters. The van der Waals surface area contributed by atoms with Crippen molar-refractivity contribution < 1.29 is 4.79 Å². The van der Waals surface area contributed by atoms with Crippen LogP contribution in [-0.2, 0) is 11.3 Å². The number of aromatic amines is 1. The average Bonchev–Trinajstić information content (AvgIpc) is 2.63. The largest absolute Gasteiger partial charge is 0.350 e. The lowest BCUT2D eigenvalue weighted by atomic mass is 9.87. The summed E-state index contributed by atoms with van der Waals surface area (Å²) in [6.45, 7) is 6.83. The third-order valence-electron chi connectivity index (χ3n) is 2.36. The molecule has 1 heterocycles. The van der Waals surface area contributed by atoms with Crippen molar-refractivity contribution in [3.05, 3.63) is 18.0 Å². The second-order valence-electron chi connectivity index (χ2n) is 5.59. The number of carbonyl (C=O) groups is 1. The fourth-order valence-corrected chi connectivity index (χ4v) is 1.75. The molecule has 0 aliphatic rings. The van der Waals surface area contributed by atoms with Crippen LogP contribution in [0.15, 0.2) is 12.3 Å². The maximum absolute atomic E-state index is 11.6. The van der Waals surface area contributed by atoms with E-state index in [0.29, 0.717) is 13.0 Å². The van der Waals surface area contributed by atoms with Crippen LogP contribution in [-0.4, -0.2) is 22.1 Å². The van der Waals surface area contributed by atoms with Gasteiger partial charge in [0.25, 0.3) is 0 Å². The minimum atomic E-state index is -0.0863. The maximum Gasteiger partial charge on any atom is 0.221 e. The van der Waals surface area contributed by atoms with Gasteiger partial charge in [0.2, 0.25) is 5.91 Å². The smallest absolute Gasteiger partial charge is 0.221 e. The summed E-state index contributed by atoms with van der Waals surface area (Å²) in [5.41, 5.74) is 6.98. The SMILES string of the molecule is CC(C)(C)CC(N)CC(=O)NCc1ccn[nH]1. The molecule has 0 saturated heterocycles. The normalized spacial score (nSPS) is 13.4. The van der Waals surface area contributed by atoms with Crippen LogP contribution in [0.1, 0.15) is 39.3 Å². The molecular formula is C12H22N4O. The van der Waals surface area contributed by atoms with E-state index in [1.807, 2.05) is 6.07 Å². The Balaban J connectivity index is 2.25. The summed E-state index contributed by atoms with van der Waals surface area (Å²) in [6, 6.07) is 1.74. The van der Waals surface area contributed by atoms with Crippen LogP contribution < -0.4 is 11.1 Å². The molecule has 5 nitrogen and oxygen atoms in total. The molecule has 0 spiro atoms. The Morgan fingerprint density at radius 2 is 2.29 bits per heavy atom. The predicted octanol–water partition coefficient (Wildman–Crippen LogP) is 1.18. The first kappa shape index (κ1) is 13.7. The first-order chi connectivity index (χ1) is 7.87. The third kappa shape index (κ3) is 6.06. The van der Waals surface area contributed by atoms with Gasteiger partial charge in [0.15, 0.2) is 0 Å². The highest BCUT2D eigenvalue weighted by Gasteiger charge is 2.17. The van der Waals surface area contributed by atoms with Crippen LogP contribution in [0.3, 0.4) is 0 Å². The number of carbonyl (C=O) groups excluding carboxylic acids is 1. The standard InChI is InChI=1S/C12H22N4O/c1-12(2,3)7-9(13)6-11(17)14-8-10-4-5-15-16-10/h4-5,9H,6-8,13H2,1-3H3,(H,14,17)(H,15,16). The molecule has 1 aromatic rings. The number of hydrogen-bond donors (Lipinski definition) is 3. The monoisotopic (exact) mass is 238 g/mol. The van der Waals surface area contributed by atoms with E-state index >= 15 is 0 Å². The van der Waals surface area contributed by atoms with Crippen molar-refractivity contribution in [2.24, 2.45) is 11.1 Å². The summed E-state index contributed by atoms with van der Waals surface area (Å²) in [7, 11) is 0. The van der Waals surface area contributed by atoms with E-state index in [1.165, 1.54) is 0 Å². The first-order valence-corrected chi connectivity index (χ1v) is 5.87. The van der Waals surface area contributed by atoms with E-state index in [0.717, 1.165) is 12.1 Å². The lowest BCUT2D eigenvalue weighted by molar-refractivity contribution is -0.121. The molecule has 0 aromatic carbocycles. The molecule has 0 radical (unpaired) electrons. The zero-order valence-electron chi connectivity index (χ0n) is 10.8. The average molecular weight is 238 g/mol. The van der Waals surface area contributed by atoms with E-state index in [-0.39, 0.29) is 17.4 Å². The van der Waals surface area contributed by atoms with Crippen molar-refractivity contribution in [2.75, 3.05) is 0 Å². The first-order valence-electron chi connectivity index (χ1n) is 5.87. The Labute approximate surface area is 102 Å². The Bertz CT molecular complexity index is 340. The van der Waals surface area contributed by atoms with Crippen molar-refractivity contribution in [1.29, 1.82) is 0 Å². The third-order valence-corrected chi connectivity index (χ3v) is 2.36. The van der Waals surface area contributed by atoms with E-state index < -0.39 is 0 Å². The number of hydrogen-bond acceptors (Lipinski definition) is 3. The molecule has 96 valence electrons. The van der Waals surface area contributed by atoms with Crippen molar-refractivity contribution in [3.63, 3.8) is 0 Å². The van der Waals surface area contributed by atoms with Gasteiger partial charge in [0.1, 0.15) is 0 Å². The van der Waals surface area contributed by atoms with E-state index in [4.69, 9.17) is 5.73 Å². The number of nitrogens with two attached hydrogens (primary N) is 1. The zero-order chi connectivity index (χ0) is 12.9. The molecular weight excluding hydrogens is 216 g/mol. The number of nitrogens with one attached hydrogen (secondary N) is 2. The number of amides is 1. The van der Waals surface area contributed by atoms with Gasteiger partial charge in [-0.05, 0) is 17.9 Å². The molecule has 0 aliphatic carbocycles. The van der Waals surface area contributed by atoms with Gasteiger partial charge in [0.05, 0.1) is 12.2 Å². The summed E-state index contributed by atoms with van der Waals surface area (Å²) >= 11 is 0. The van der Waals surface area contributed by atoms with Gasteiger partial charge in [-0.15, -0.1) is 0 Å². The fraction of sp³-hybridized carbons (Fsp3) is 0.667. The van der Waals surface area contributed by atoms with Gasteiger partial charge in [-0.25, -0.2) is 0 Å². The van der Waals surface area contributed by atoms with Gasteiger partial charge in [0, 0.05) is 18.7 Å². The van der Waals surface area contributed by atoms with Crippen LogP contribution in [0.4, 0.5) is 0 Å². The van der Waals surface area contributed by atoms with Crippen LogP contribution in [0, 0.1) is 5.41 Å². The summed E-state index contributed by atoms with van der Waals surface area (Å²) < 4.78 is 0. The molecule has 0 aliphatic heterocycles. The van der Waals surface area contributed by atoms with Crippen molar-refractivity contribution in [2.45, 2.75) is 46.2 Å². The van der Waals surface area contributed by atoms with Crippen molar-refractivity contribution in [3.8, 4) is 0 Å². The van der Waals surface area contributed by atoms with Crippen molar-refractivity contribution >= 4 is 5.91 Å². The summed E-state index contributed by atoms with van der Waals surface area (Å²) in [4.78, 5) is 11.6. The molecule has 0 saturated carbocycles. The van der Waals surface area contributed by atoms with E-state index in [9.17, 15) is 4.79 Å². The quantitative estimate of drug-likeness (QED) is 0.720. The molecule has 1 unspecified atom stereocenters. The highest BCUT2D eigenvalue weighted by molar-refractivity contribution is 5.76. The molecule has 0 bridgehead atoms. The summed E-state index contributed by atoms with van der Waals surface area (Å²) in [5.74, 6) is -0.0173. The van der Waals surface area contributed by atoms with E-state index in [2.05, 4.69) is 36.3 Å². The summed E-state index contributed by atoms with van der Waals surface area (Å²) in [5, 5.41) is 9.41. The Morgan fingerprint density at radius 1 is 1.59 bits per heavy atom. The second kappa shape index (κ2) is 5.82. The van der Waals surface area contributed by atoms with Gasteiger partial charge >= 0.3 is 0 Å². The van der Waals surface area contributed by atoms with Crippen LogP contribution in [0.2, 0.25) is 0 Å². The summed E-state index contributed by atoms with van der Waals surface area (Å²) in [6.07, 6.45) is 2.86. The van der Waals surface area contributed by atoms with Gasteiger partial charge in [-0.2, -0.15) is 5.10 Å². The van der Waals surface area contributed by atoms with Crippen molar-refractivity contribution in [1.82, 2.24) is 15.5 Å². The lowest BCUT2D eigenvalue weighted by Crippen LogP contribution is -2.34. The van der Waals surface area contributed by atoms with Crippen LogP contribution in [0.5, 0.6) is 0 Å². The predicted molar refractivity (Wildman–Crippen MR) is 67.1 cm³/mol. The lowest BCUT2D eigenvalue weighted by Gasteiger charge is -2.22. The molecule has 0 fully saturated rings. The zero-order valence-corrected chi connectivity index (χ0v) is 10.8. The minimum Gasteiger partial charge on any atom is -0.350 e. The Morgan fingerprint density at radius 3 is 2.82 bits per heavy atom. The number of rotatable bonds is 5. The van der Waals surface area contributed by atoms with Gasteiger partial charge in [-0.3, -0.25) is 9.89 Å². The highest BCUT2D eigenvalue weighted by Crippen LogP contribution is 2.20. The molecule has 1 amide bonds. The van der Waals surface area contributed by atoms with Gasteiger partial charge in [-0.1, -0.05) is 20.8 Å². The number of aromatic nitrogens is 2. The molecule has 1 aromatic heterocycles. The molecule has 1 rings (SSSR count). The molecule has 17 heavy (non-hydrogen) atoms. The topological polar surface area (TPSA) is 83.8 Å². The minimum absolute atomic E-state index is 0.0173. The van der Waals surface area contributed by atoms with E-state index in [1.54, 1.807) is 6.20 Å². The Hall–Kier alpha value is -1.36. The highest BCUT2D eigenvalue weighted by atomic mass is 16.1. The number of nitrogens with zero attached hydrogens (tertiary/aromatic N) is 1. The molecule has 5 heteroatoms. The second-order valence-corrected chi connectivity index (χ2v) is 5.59. The fourth-order valence-electron chi connectivity index (χ4n) is 1.75. The van der Waals surface area contributed by atoms with Gasteiger partial charge < -0.3 is 11.1 Å². The maximum atomic E-state index is 11.6. The van der Waals surface area contributed by atoms with Crippen LogP contribution >= 0.6 is 0 Å².